The molecule has 24 heavy (non-hydrogen) atoms. The van der Waals surface area contributed by atoms with Gasteiger partial charge >= 0.3 is 0 Å². The van der Waals surface area contributed by atoms with Gasteiger partial charge in [0.1, 0.15) is 6.10 Å². The van der Waals surface area contributed by atoms with Crippen molar-refractivity contribution in [3.05, 3.63) is 23.0 Å². The molecule has 3 rings (SSSR count). The Kier molecular flexibility index (Phi) is 4.93. The highest BCUT2D eigenvalue weighted by Gasteiger charge is 2.29. The van der Waals surface area contributed by atoms with Gasteiger partial charge in [0.2, 0.25) is 5.82 Å². The third kappa shape index (κ3) is 3.19. The number of hydrogen-bond acceptors (Lipinski definition) is 7. The Morgan fingerprint density at radius 1 is 1.25 bits per heavy atom. The molecule has 0 spiro atoms. The van der Waals surface area contributed by atoms with Crippen LogP contribution in [-0.2, 0) is 4.74 Å². The van der Waals surface area contributed by atoms with E-state index in [4.69, 9.17) is 30.3 Å². The molecule has 7 nitrogen and oxygen atoms in total. The number of morpholine rings is 1. The fourth-order valence-corrected chi connectivity index (χ4v) is 3.15. The van der Waals surface area contributed by atoms with Crippen LogP contribution in [0.2, 0.25) is 5.02 Å². The van der Waals surface area contributed by atoms with Gasteiger partial charge in [-0.2, -0.15) is 4.98 Å². The second-order valence-electron chi connectivity index (χ2n) is 5.78. The second kappa shape index (κ2) is 6.96. The Hall–Kier alpha value is -1.83. The molecule has 130 valence electrons. The predicted octanol–water partition coefficient (Wildman–Crippen LogP) is 2.80. The van der Waals surface area contributed by atoms with Crippen molar-refractivity contribution in [1.82, 2.24) is 15.0 Å². The highest BCUT2D eigenvalue weighted by atomic mass is 35.5. The van der Waals surface area contributed by atoms with E-state index in [1.54, 1.807) is 19.2 Å². The van der Waals surface area contributed by atoms with Crippen LogP contribution in [0.1, 0.15) is 18.9 Å². The third-order valence-electron chi connectivity index (χ3n) is 3.89. The zero-order valence-electron chi connectivity index (χ0n) is 14.1. The lowest BCUT2D eigenvalue weighted by Crippen LogP contribution is -2.40. The van der Waals surface area contributed by atoms with Crippen LogP contribution in [0.4, 0.5) is 0 Å². The number of hydrogen-bond donors (Lipinski definition) is 0. The van der Waals surface area contributed by atoms with E-state index in [1.807, 2.05) is 14.0 Å². The van der Waals surface area contributed by atoms with E-state index >= 15 is 0 Å². The van der Waals surface area contributed by atoms with Gasteiger partial charge in [0.05, 0.1) is 25.3 Å². The molecule has 1 aliphatic rings. The molecular formula is C16H20ClN3O4. The summed E-state index contributed by atoms with van der Waals surface area (Å²) in [5.74, 6) is 1.81. The van der Waals surface area contributed by atoms with Crippen LogP contribution in [-0.4, -0.2) is 55.5 Å². The van der Waals surface area contributed by atoms with Gasteiger partial charge in [-0.25, -0.2) is 0 Å². The quantitative estimate of drug-likeness (QED) is 0.837. The maximum Gasteiger partial charge on any atom is 0.257 e. The first-order chi connectivity index (χ1) is 11.5. The summed E-state index contributed by atoms with van der Waals surface area (Å²) in [6.07, 6.45) is -0.146. The molecule has 8 heteroatoms. The van der Waals surface area contributed by atoms with Gasteiger partial charge in [0.25, 0.3) is 5.89 Å². The Balaban J connectivity index is 1.91. The molecular weight excluding hydrogens is 334 g/mol. The normalized spacial score (nSPS) is 21.7. The fraction of sp³-hybridized carbons (Fsp3) is 0.500. The lowest BCUT2D eigenvalue weighted by molar-refractivity contribution is -0.0838. The van der Waals surface area contributed by atoms with E-state index in [2.05, 4.69) is 15.0 Å². The van der Waals surface area contributed by atoms with Crippen molar-refractivity contribution >= 4 is 11.6 Å². The summed E-state index contributed by atoms with van der Waals surface area (Å²) in [6.45, 7) is 3.59. The summed E-state index contributed by atoms with van der Waals surface area (Å²) in [5.41, 5.74) is 0.613. The number of nitrogens with zero attached hydrogens (tertiary/aromatic N) is 3. The fourth-order valence-electron chi connectivity index (χ4n) is 2.84. The van der Waals surface area contributed by atoms with Crippen molar-refractivity contribution < 1.29 is 18.7 Å². The van der Waals surface area contributed by atoms with Gasteiger partial charge in [0.15, 0.2) is 11.5 Å². The average molecular weight is 354 g/mol. The van der Waals surface area contributed by atoms with Gasteiger partial charge in [-0.15, -0.1) is 0 Å². The smallest absolute Gasteiger partial charge is 0.257 e. The molecule has 1 saturated heterocycles. The van der Waals surface area contributed by atoms with Crippen molar-refractivity contribution in [2.24, 2.45) is 0 Å². The molecule has 0 saturated carbocycles. The van der Waals surface area contributed by atoms with E-state index in [-0.39, 0.29) is 12.2 Å². The Bertz CT molecular complexity index is 711. The van der Waals surface area contributed by atoms with Gasteiger partial charge in [-0.05, 0) is 26.1 Å². The zero-order valence-corrected chi connectivity index (χ0v) is 14.8. The van der Waals surface area contributed by atoms with Crippen molar-refractivity contribution in [2.45, 2.75) is 19.1 Å². The number of ether oxygens (including phenoxy) is 3. The predicted molar refractivity (Wildman–Crippen MR) is 88.6 cm³/mol. The first-order valence-electron chi connectivity index (χ1n) is 7.62. The summed E-state index contributed by atoms with van der Waals surface area (Å²) < 4.78 is 21.8. The van der Waals surface area contributed by atoms with Crippen LogP contribution in [0.15, 0.2) is 16.7 Å². The third-order valence-corrected chi connectivity index (χ3v) is 4.26. The monoisotopic (exact) mass is 353 g/mol. The summed E-state index contributed by atoms with van der Waals surface area (Å²) in [5, 5.41) is 4.41. The minimum Gasteiger partial charge on any atom is -0.493 e. The molecule has 0 bridgehead atoms. The largest absolute Gasteiger partial charge is 0.493 e. The van der Waals surface area contributed by atoms with E-state index in [1.165, 1.54) is 7.11 Å². The van der Waals surface area contributed by atoms with E-state index in [9.17, 15) is 0 Å². The molecule has 0 aliphatic carbocycles. The SMILES string of the molecule is COc1ccc(-c2noc([C@H]3CN(C)C[C@@H](C)O3)n2)c(Cl)c1OC. The first-order valence-corrected chi connectivity index (χ1v) is 7.99. The molecule has 2 atom stereocenters. The lowest BCUT2D eigenvalue weighted by Gasteiger charge is -2.32. The van der Waals surface area contributed by atoms with Crippen molar-refractivity contribution in [3.63, 3.8) is 0 Å². The lowest BCUT2D eigenvalue weighted by atomic mass is 10.2. The first kappa shape index (κ1) is 17.0. The van der Waals surface area contributed by atoms with Gasteiger partial charge < -0.3 is 23.6 Å². The van der Waals surface area contributed by atoms with Crippen LogP contribution in [0.25, 0.3) is 11.4 Å². The van der Waals surface area contributed by atoms with Crippen LogP contribution < -0.4 is 9.47 Å². The van der Waals surface area contributed by atoms with Gasteiger partial charge in [0, 0.05) is 18.7 Å². The molecule has 1 aliphatic heterocycles. The van der Waals surface area contributed by atoms with Crippen LogP contribution in [0.5, 0.6) is 11.5 Å². The standard InChI is InChI=1S/C16H20ClN3O4/c1-9-7-20(2)8-12(23-9)16-18-15(19-24-16)10-5-6-11(21-3)14(22-4)13(10)17/h5-6,9,12H,7-8H2,1-4H3/t9-,12-/m1/s1. The number of methoxy groups -OCH3 is 2. The summed E-state index contributed by atoms with van der Waals surface area (Å²) in [4.78, 5) is 6.63. The summed E-state index contributed by atoms with van der Waals surface area (Å²) >= 11 is 6.40. The minimum absolute atomic E-state index is 0.105. The van der Waals surface area contributed by atoms with Gasteiger partial charge in [-0.1, -0.05) is 16.8 Å². The summed E-state index contributed by atoms with van der Waals surface area (Å²) in [7, 11) is 5.12. The molecule has 1 fully saturated rings. The Morgan fingerprint density at radius 3 is 2.71 bits per heavy atom. The van der Waals surface area contributed by atoms with E-state index in [0.717, 1.165) is 6.54 Å². The maximum atomic E-state index is 6.40. The molecule has 2 aromatic rings. The van der Waals surface area contributed by atoms with E-state index < -0.39 is 0 Å². The van der Waals surface area contributed by atoms with E-state index in [0.29, 0.717) is 40.3 Å². The Labute approximate surface area is 145 Å². The number of rotatable bonds is 4. The zero-order chi connectivity index (χ0) is 17.3. The topological polar surface area (TPSA) is 69.9 Å². The minimum atomic E-state index is -0.251. The number of benzene rings is 1. The number of halogens is 1. The van der Waals surface area contributed by atoms with Crippen LogP contribution >= 0.6 is 11.6 Å². The molecule has 1 aromatic carbocycles. The van der Waals surface area contributed by atoms with Gasteiger partial charge in [-0.3, -0.25) is 0 Å². The average Bonchev–Trinajstić information content (AvgIpc) is 3.03. The van der Waals surface area contributed by atoms with Crippen molar-refractivity contribution in [3.8, 4) is 22.9 Å². The number of aromatic nitrogens is 2. The van der Waals surface area contributed by atoms with Crippen molar-refractivity contribution in [2.75, 3.05) is 34.4 Å². The molecule has 0 unspecified atom stereocenters. The molecule has 0 N–H and O–H groups in total. The summed E-state index contributed by atoms with van der Waals surface area (Å²) in [6, 6.07) is 3.53. The Morgan fingerprint density at radius 2 is 2.04 bits per heavy atom. The highest BCUT2D eigenvalue weighted by Crippen LogP contribution is 2.41. The number of likely N-dealkylation sites (N-methyl/N-ethyl adjacent to an activating group) is 1. The van der Waals surface area contributed by atoms with Crippen molar-refractivity contribution in [1.29, 1.82) is 0 Å². The maximum absolute atomic E-state index is 6.40. The van der Waals surface area contributed by atoms with Crippen LogP contribution in [0, 0.1) is 0 Å². The molecule has 0 radical (unpaired) electrons. The van der Waals surface area contributed by atoms with Crippen LogP contribution in [0.3, 0.4) is 0 Å². The molecule has 0 amide bonds. The molecule has 2 heterocycles. The molecule has 1 aromatic heterocycles. The highest BCUT2D eigenvalue weighted by molar-refractivity contribution is 6.35. The second-order valence-corrected chi connectivity index (χ2v) is 6.15.